The Bertz CT molecular complexity index is 510. The maximum absolute atomic E-state index is 12.4. The topological polar surface area (TPSA) is 75.8 Å². The minimum Gasteiger partial charge on any atom is -0.504 e. The number of phenols is 1. The van der Waals surface area contributed by atoms with Gasteiger partial charge in [0.05, 0.1) is 12.6 Å². The molecular weight excluding hydrogens is 256 g/mol. The smallest absolute Gasteiger partial charge is 0.242 e. The number of rotatable bonds is 5. The van der Waals surface area contributed by atoms with E-state index in [0.29, 0.717) is 18.2 Å². The van der Waals surface area contributed by atoms with Gasteiger partial charge < -0.3 is 20.5 Å². The van der Waals surface area contributed by atoms with Gasteiger partial charge in [-0.05, 0) is 43.4 Å². The van der Waals surface area contributed by atoms with Crippen molar-refractivity contribution in [3.63, 3.8) is 0 Å². The first-order valence-electron chi connectivity index (χ1n) is 6.76. The summed E-state index contributed by atoms with van der Waals surface area (Å²) in [6.45, 7) is 2.25. The van der Waals surface area contributed by atoms with E-state index in [1.54, 1.807) is 37.1 Å². The number of benzene rings is 1. The van der Waals surface area contributed by atoms with Gasteiger partial charge in [-0.1, -0.05) is 6.07 Å². The quantitative estimate of drug-likeness (QED) is 0.855. The van der Waals surface area contributed by atoms with Crippen molar-refractivity contribution in [3.8, 4) is 11.5 Å². The number of hydrogen-bond donors (Lipinski definition) is 2. The highest BCUT2D eigenvalue weighted by atomic mass is 16.5. The van der Waals surface area contributed by atoms with E-state index in [1.807, 2.05) is 0 Å². The van der Waals surface area contributed by atoms with Gasteiger partial charge in [-0.15, -0.1) is 0 Å². The number of hydrogen-bond acceptors (Lipinski definition) is 4. The Morgan fingerprint density at radius 1 is 1.55 bits per heavy atom. The predicted molar refractivity (Wildman–Crippen MR) is 76.4 cm³/mol. The summed E-state index contributed by atoms with van der Waals surface area (Å²) in [4.78, 5) is 14.0. The molecule has 3 N–H and O–H groups in total. The summed E-state index contributed by atoms with van der Waals surface area (Å²) in [5.74, 6) is 0.742. The third-order valence-electron chi connectivity index (χ3n) is 3.90. The third-order valence-corrected chi connectivity index (χ3v) is 3.90. The number of carbonyl (C=O) groups is 1. The summed E-state index contributed by atoms with van der Waals surface area (Å²) in [6, 6.07) is 5.06. The van der Waals surface area contributed by atoms with E-state index < -0.39 is 5.54 Å². The van der Waals surface area contributed by atoms with Crippen LogP contribution in [0.5, 0.6) is 11.5 Å². The zero-order chi connectivity index (χ0) is 14.9. The first-order valence-corrected chi connectivity index (χ1v) is 6.76. The predicted octanol–water partition coefficient (Wildman–Crippen LogP) is 1.49. The molecule has 5 heteroatoms. The molecule has 1 aliphatic rings. The van der Waals surface area contributed by atoms with Crippen LogP contribution in [-0.2, 0) is 11.3 Å². The highest BCUT2D eigenvalue weighted by Gasteiger charge is 2.45. The van der Waals surface area contributed by atoms with Crippen LogP contribution < -0.4 is 10.5 Å². The lowest BCUT2D eigenvalue weighted by atomic mass is 9.95. The fraction of sp³-hybridized carbons (Fsp3) is 0.533. The Kier molecular flexibility index (Phi) is 3.90. The number of aromatic hydroxyl groups is 1. The first-order chi connectivity index (χ1) is 9.36. The molecule has 2 rings (SSSR count). The molecule has 1 aromatic rings. The zero-order valence-electron chi connectivity index (χ0n) is 12.2. The number of likely N-dealkylation sites (N-methyl/N-ethyl adjacent to an activating group) is 1. The monoisotopic (exact) mass is 278 g/mol. The maximum Gasteiger partial charge on any atom is 0.242 e. The van der Waals surface area contributed by atoms with Crippen molar-refractivity contribution in [1.82, 2.24) is 4.90 Å². The largest absolute Gasteiger partial charge is 0.504 e. The fourth-order valence-corrected chi connectivity index (χ4v) is 2.43. The number of phenolic OH excluding ortho intramolecular Hbond substituents is 1. The summed E-state index contributed by atoms with van der Waals surface area (Å²) < 4.78 is 5.07. The van der Waals surface area contributed by atoms with Crippen LogP contribution in [0.25, 0.3) is 0 Å². The van der Waals surface area contributed by atoms with Crippen LogP contribution in [0.4, 0.5) is 0 Å². The summed E-state index contributed by atoms with van der Waals surface area (Å²) in [6.07, 6.45) is 2.05. The van der Waals surface area contributed by atoms with Crippen LogP contribution in [0.3, 0.4) is 0 Å². The average molecular weight is 278 g/mol. The molecule has 1 aliphatic carbocycles. The van der Waals surface area contributed by atoms with Crippen LogP contribution >= 0.6 is 0 Å². The molecule has 1 saturated carbocycles. The molecule has 20 heavy (non-hydrogen) atoms. The number of methoxy groups -OCH3 is 1. The van der Waals surface area contributed by atoms with Crippen molar-refractivity contribution in [3.05, 3.63) is 23.8 Å². The van der Waals surface area contributed by atoms with E-state index in [0.717, 1.165) is 18.4 Å². The molecule has 1 amide bonds. The lowest BCUT2D eigenvalue weighted by Gasteiger charge is -2.29. The molecule has 0 spiro atoms. The number of amides is 1. The third kappa shape index (κ3) is 2.88. The molecule has 0 aliphatic heterocycles. The summed E-state index contributed by atoms with van der Waals surface area (Å²) in [5, 5.41) is 9.56. The second-order valence-corrected chi connectivity index (χ2v) is 5.72. The normalized spacial score (nSPS) is 17.4. The lowest BCUT2D eigenvalue weighted by Crippen LogP contribution is -2.53. The molecule has 1 unspecified atom stereocenters. The van der Waals surface area contributed by atoms with Gasteiger partial charge in [0, 0.05) is 13.6 Å². The number of carbonyl (C=O) groups excluding carboxylic acids is 1. The Morgan fingerprint density at radius 2 is 2.20 bits per heavy atom. The number of nitrogens with zero attached hydrogens (tertiary/aromatic N) is 1. The van der Waals surface area contributed by atoms with Crippen molar-refractivity contribution in [2.75, 3.05) is 14.2 Å². The van der Waals surface area contributed by atoms with E-state index in [-0.39, 0.29) is 11.7 Å². The molecule has 0 saturated heterocycles. The second-order valence-electron chi connectivity index (χ2n) is 5.72. The second kappa shape index (κ2) is 5.32. The molecule has 110 valence electrons. The maximum atomic E-state index is 12.4. The van der Waals surface area contributed by atoms with Gasteiger partial charge in [0.15, 0.2) is 11.5 Å². The van der Waals surface area contributed by atoms with E-state index in [4.69, 9.17) is 10.5 Å². The average Bonchev–Trinajstić information content (AvgIpc) is 3.24. The highest BCUT2D eigenvalue weighted by molar-refractivity contribution is 5.86. The van der Waals surface area contributed by atoms with Crippen LogP contribution in [0.15, 0.2) is 18.2 Å². The zero-order valence-corrected chi connectivity index (χ0v) is 12.2. The summed E-state index contributed by atoms with van der Waals surface area (Å²) in [5.41, 5.74) is 6.25. The number of nitrogens with two attached hydrogens (primary N) is 1. The highest BCUT2D eigenvalue weighted by Crippen LogP contribution is 2.39. The van der Waals surface area contributed by atoms with E-state index in [1.165, 1.54) is 7.11 Å². The van der Waals surface area contributed by atoms with Crippen molar-refractivity contribution in [1.29, 1.82) is 0 Å². The van der Waals surface area contributed by atoms with Gasteiger partial charge in [0.1, 0.15) is 0 Å². The molecule has 0 radical (unpaired) electrons. The van der Waals surface area contributed by atoms with Crippen molar-refractivity contribution < 1.29 is 14.6 Å². The summed E-state index contributed by atoms with van der Waals surface area (Å²) in [7, 11) is 3.24. The van der Waals surface area contributed by atoms with Gasteiger partial charge in [-0.2, -0.15) is 0 Å². The Morgan fingerprint density at radius 3 is 2.75 bits per heavy atom. The number of ether oxygens (including phenoxy) is 1. The van der Waals surface area contributed by atoms with Crippen LogP contribution in [0.1, 0.15) is 25.3 Å². The van der Waals surface area contributed by atoms with E-state index in [9.17, 15) is 9.90 Å². The first kappa shape index (κ1) is 14.7. The van der Waals surface area contributed by atoms with Crippen LogP contribution in [-0.4, -0.2) is 35.6 Å². The van der Waals surface area contributed by atoms with Gasteiger partial charge >= 0.3 is 0 Å². The molecule has 0 heterocycles. The Balaban J connectivity index is 2.07. The standard InChI is InChI=1S/C15H22N2O3/c1-15(16,11-5-6-11)14(19)17(2)9-10-4-7-12(18)13(8-10)20-3/h4,7-8,11,18H,5-6,9,16H2,1-3H3. The van der Waals surface area contributed by atoms with Crippen LogP contribution in [0, 0.1) is 5.92 Å². The van der Waals surface area contributed by atoms with Gasteiger partial charge in [-0.25, -0.2) is 0 Å². The van der Waals surface area contributed by atoms with Gasteiger partial charge in [-0.3, -0.25) is 4.79 Å². The molecule has 0 aromatic heterocycles. The van der Waals surface area contributed by atoms with E-state index in [2.05, 4.69) is 0 Å². The lowest BCUT2D eigenvalue weighted by molar-refractivity contribution is -0.136. The van der Waals surface area contributed by atoms with Crippen molar-refractivity contribution in [2.45, 2.75) is 31.8 Å². The van der Waals surface area contributed by atoms with Gasteiger partial charge in [0.2, 0.25) is 5.91 Å². The minimum atomic E-state index is -0.782. The molecule has 1 atom stereocenters. The van der Waals surface area contributed by atoms with Crippen molar-refractivity contribution in [2.24, 2.45) is 11.7 Å². The molecular formula is C15H22N2O3. The Labute approximate surface area is 119 Å². The molecule has 0 bridgehead atoms. The van der Waals surface area contributed by atoms with E-state index >= 15 is 0 Å². The molecule has 5 nitrogen and oxygen atoms in total. The van der Waals surface area contributed by atoms with Crippen LogP contribution in [0.2, 0.25) is 0 Å². The SMILES string of the molecule is COc1cc(CN(C)C(=O)C(C)(N)C2CC2)ccc1O. The summed E-state index contributed by atoms with van der Waals surface area (Å²) >= 11 is 0. The fourth-order valence-electron chi connectivity index (χ4n) is 2.43. The molecule has 1 fully saturated rings. The van der Waals surface area contributed by atoms with Gasteiger partial charge in [0.25, 0.3) is 0 Å². The van der Waals surface area contributed by atoms with Crippen molar-refractivity contribution >= 4 is 5.91 Å². The molecule has 1 aromatic carbocycles. The Hall–Kier alpha value is -1.75. The minimum absolute atomic E-state index is 0.0490.